The van der Waals surface area contributed by atoms with Gasteiger partial charge in [0.05, 0.1) is 6.04 Å². The largest absolute Gasteiger partial charge is 0.356 e. The molecule has 0 bridgehead atoms. The van der Waals surface area contributed by atoms with E-state index in [1.807, 2.05) is 0 Å². The van der Waals surface area contributed by atoms with E-state index in [0.29, 0.717) is 0 Å². The van der Waals surface area contributed by atoms with Gasteiger partial charge in [0.15, 0.2) is 0 Å². The summed E-state index contributed by atoms with van der Waals surface area (Å²) in [6.07, 6.45) is 9.17. The number of para-hydroxylation sites is 1. The van der Waals surface area contributed by atoms with E-state index in [1.165, 1.54) is 41.4 Å². The first-order valence-corrected chi connectivity index (χ1v) is 8.73. The SMILES string of the molecule is O=C(N[C@H]1CCCc2c1[nH]c1ccccc21)C1CCCCC1. The molecule has 3 nitrogen and oxygen atoms in total. The summed E-state index contributed by atoms with van der Waals surface area (Å²) in [6, 6.07) is 8.66. The van der Waals surface area contributed by atoms with E-state index < -0.39 is 0 Å². The fourth-order valence-electron chi connectivity index (χ4n) is 4.21. The number of hydrogen-bond donors (Lipinski definition) is 2. The van der Waals surface area contributed by atoms with Crippen LogP contribution < -0.4 is 5.32 Å². The van der Waals surface area contributed by atoms with Crippen LogP contribution in [-0.2, 0) is 11.2 Å². The van der Waals surface area contributed by atoms with E-state index in [9.17, 15) is 4.79 Å². The normalized spacial score (nSPS) is 22.5. The highest BCUT2D eigenvalue weighted by Crippen LogP contribution is 2.35. The van der Waals surface area contributed by atoms with Crippen molar-refractivity contribution in [1.29, 1.82) is 0 Å². The number of fused-ring (bicyclic) bond motifs is 3. The highest BCUT2D eigenvalue weighted by molar-refractivity contribution is 5.85. The average molecular weight is 296 g/mol. The minimum Gasteiger partial charge on any atom is -0.356 e. The Balaban J connectivity index is 1.58. The highest BCUT2D eigenvalue weighted by Gasteiger charge is 2.28. The van der Waals surface area contributed by atoms with Crippen LogP contribution in [0.1, 0.15) is 62.2 Å². The van der Waals surface area contributed by atoms with Crippen molar-refractivity contribution >= 4 is 16.8 Å². The maximum absolute atomic E-state index is 12.6. The molecule has 1 fully saturated rings. The van der Waals surface area contributed by atoms with Crippen molar-refractivity contribution in [3.05, 3.63) is 35.5 Å². The first kappa shape index (κ1) is 13.9. The fourth-order valence-corrected chi connectivity index (χ4v) is 4.21. The Hall–Kier alpha value is -1.77. The number of H-pyrrole nitrogens is 1. The van der Waals surface area contributed by atoms with Gasteiger partial charge >= 0.3 is 0 Å². The van der Waals surface area contributed by atoms with Gasteiger partial charge in [-0.25, -0.2) is 0 Å². The van der Waals surface area contributed by atoms with Crippen LogP contribution in [0.3, 0.4) is 0 Å². The number of amides is 1. The number of carbonyl (C=O) groups is 1. The predicted molar refractivity (Wildman–Crippen MR) is 88.7 cm³/mol. The molecule has 0 saturated heterocycles. The monoisotopic (exact) mass is 296 g/mol. The molecule has 4 rings (SSSR count). The summed E-state index contributed by atoms with van der Waals surface area (Å²) >= 11 is 0. The van der Waals surface area contributed by atoms with E-state index in [1.54, 1.807) is 0 Å². The Morgan fingerprint density at radius 3 is 2.73 bits per heavy atom. The molecule has 0 radical (unpaired) electrons. The van der Waals surface area contributed by atoms with E-state index in [4.69, 9.17) is 0 Å². The molecule has 2 N–H and O–H groups in total. The molecule has 0 spiro atoms. The standard InChI is InChI=1S/C19H24N2O/c22-19(13-7-2-1-3-8-13)21-17-12-6-10-15-14-9-4-5-11-16(14)20-18(15)17/h4-5,9,11,13,17,20H,1-3,6-8,10,12H2,(H,21,22)/t17-/m0/s1. The van der Waals surface area contributed by atoms with E-state index in [0.717, 1.165) is 32.1 Å². The summed E-state index contributed by atoms with van der Waals surface area (Å²) in [5.74, 6) is 0.514. The lowest BCUT2D eigenvalue weighted by Crippen LogP contribution is -2.36. The number of rotatable bonds is 2. The van der Waals surface area contributed by atoms with Crippen molar-refractivity contribution in [1.82, 2.24) is 10.3 Å². The number of aromatic amines is 1. The predicted octanol–water partition coefficient (Wildman–Crippen LogP) is 4.24. The average Bonchev–Trinajstić information content (AvgIpc) is 2.95. The summed E-state index contributed by atoms with van der Waals surface area (Å²) in [5.41, 5.74) is 3.86. The lowest BCUT2D eigenvalue weighted by atomic mass is 9.87. The van der Waals surface area contributed by atoms with Crippen LogP contribution in [0.25, 0.3) is 10.9 Å². The Morgan fingerprint density at radius 1 is 1.05 bits per heavy atom. The van der Waals surface area contributed by atoms with Crippen molar-refractivity contribution in [3.8, 4) is 0 Å². The number of carbonyl (C=O) groups excluding carboxylic acids is 1. The molecule has 1 atom stereocenters. The maximum Gasteiger partial charge on any atom is 0.223 e. The third-order valence-corrected chi connectivity index (χ3v) is 5.41. The molecule has 1 aromatic carbocycles. The smallest absolute Gasteiger partial charge is 0.223 e. The van der Waals surface area contributed by atoms with Crippen LogP contribution in [0, 0.1) is 5.92 Å². The summed E-state index contributed by atoms with van der Waals surface area (Å²) in [6.45, 7) is 0. The van der Waals surface area contributed by atoms with Gasteiger partial charge in [0, 0.05) is 22.5 Å². The van der Waals surface area contributed by atoms with Gasteiger partial charge in [-0.15, -0.1) is 0 Å². The van der Waals surface area contributed by atoms with Crippen molar-refractivity contribution in [2.45, 2.75) is 57.4 Å². The van der Waals surface area contributed by atoms with E-state index in [2.05, 4.69) is 34.6 Å². The lowest BCUT2D eigenvalue weighted by molar-refractivity contribution is -0.126. The van der Waals surface area contributed by atoms with Gasteiger partial charge in [0.25, 0.3) is 0 Å². The molecular weight excluding hydrogens is 272 g/mol. The van der Waals surface area contributed by atoms with E-state index in [-0.39, 0.29) is 17.9 Å². The third kappa shape index (κ3) is 2.43. The zero-order valence-electron chi connectivity index (χ0n) is 13.0. The molecule has 0 unspecified atom stereocenters. The Morgan fingerprint density at radius 2 is 1.86 bits per heavy atom. The van der Waals surface area contributed by atoms with Gasteiger partial charge in [0.1, 0.15) is 0 Å². The minimum atomic E-state index is 0.172. The number of nitrogens with one attached hydrogen (secondary N) is 2. The molecule has 116 valence electrons. The molecule has 2 aromatic rings. The van der Waals surface area contributed by atoms with Crippen molar-refractivity contribution in [2.75, 3.05) is 0 Å². The third-order valence-electron chi connectivity index (χ3n) is 5.41. The lowest BCUT2D eigenvalue weighted by Gasteiger charge is -2.27. The number of hydrogen-bond acceptors (Lipinski definition) is 1. The molecule has 2 aliphatic carbocycles. The van der Waals surface area contributed by atoms with Crippen molar-refractivity contribution in [2.24, 2.45) is 5.92 Å². The fraction of sp³-hybridized carbons (Fsp3) is 0.526. The summed E-state index contributed by atoms with van der Waals surface area (Å²) < 4.78 is 0. The van der Waals surface area contributed by atoms with Gasteiger partial charge in [-0.1, -0.05) is 37.5 Å². The van der Waals surface area contributed by atoms with Gasteiger partial charge in [0.2, 0.25) is 5.91 Å². The zero-order chi connectivity index (χ0) is 14.9. The molecule has 1 heterocycles. The van der Waals surface area contributed by atoms with Crippen LogP contribution >= 0.6 is 0 Å². The summed E-state index contributed by atoms with van der Waals surface area (Å²) in [4.78, 5) is 16.1. The Bertz CT molecular complexity index is 682. The number of aromatic nitrogens is 1. The van der Waals surface area contributed by atoms with Gasteiger partial charge < -0.3 is 10.3 Å². The molecule has 2 aliphatic rings. The first-order chi connectivity index (χ1) is 10.8. The first-order valence-electron chi connectivity index (χ1n) is 8.73. The number of aryl methyl sites for hydroxylation is 1. The molecule has 1 saturated carbocycles. The maximum atomic E-state index is 12.6. The van der Waals surface area contributed by atoms with Crippen molar-refractivity contribution in [3.63, 3.8) is 0 Å². The molecular formula is C19H24N2O. The molecule has 1 amide bonds. The van der Waals surface area contributed by atoms with Gasteiger partial charge in [-0.05, 0) is 43.7 Å². The van der Waals surface area contributed by atoms with Gasteiger partial charge in [-0.3, -0.25) is 4.79 Å². The van der Waals surface area contributed by atoms with Crippen molar-refractivity contribution < 1.29 is 4.79 Å². The summed E-state index contributed by atoms with van der Waals surface area (Å²) in [7, 11) is 0. The minimum absolute atomic E-state index is 0.172. The molecule has 0 aliphatic heterocycles. The highest BCUT2D eigenvalue weighted by atomic mass is 16.1. The topological polar surface area (TPSA) is 44.9 Å². The van der Waals surface area contributed by atoms with Crippen LogP contribution in [0.15, 0.2) is 24.3 Å². The second kappa shape index (κ2) is 5.79. The van der Waals surface area contributed by atoms with Crippen LogP contribution in [0.2, 0.25) is 0 Å². The second-order valence-electron chi connectivity index (χ2n) is 6.85. The summed E-state index contributed by atoms with van der Waals surface area (Å²) in [5, 5.41) is 4.66. The molecule has 1 aromatic heterocycles. The van der Waals surface area contributed by atoms with Crippen LogP contribution in [-0.4, -0.2) is 10.9 Å². The van der Waals surface area contributed by atoms with Crippen LogP contribution in [0.5, 0.6) is 0 Å². The van der Waals surface area contributed by atoms with E-state index >= 15 is 0 Å². The Kier molecular flexibility index (Phi) is 3.65. The zero-order valence-corrected chi connectivity index (χ0v) is 13.0. The second-order valence-corrected chi connectivity index (χ2v) is 6.85. The quantitative estimate of drug-likeness (QED) is 0.855. The molecule has 3 heteroatoms. The Labute approximate surface area is 131 Å². The number of benzene rings is 1. The van der Waals surface area contributed by atoms with Crippen LogP contribution in [0.4, 0.5) is 0 Å². The van der Waals surface area contributed by atoms with Gasteiger partial charge in [-0.2, -0.15) is 0 Å². The molecule has 22 heavy (non-hydrogen) atoms.